The Labute approximate surface area is 103 Å². The third kappa shape index (κ3) is 3.43. The van der Waals surface area contributed by atoms with Crippen LogP contribution in [0.3, 0.4) is 0 Å². The highest BCUT2D eigenvalue weighted by Gasteiger charge is 2.18. The van der Waals surface area contributed by atoms with Crippen molar-refractivity contribution in [2.75, 3.05) is 44.2 Å². The highest BCUT2D eigenvalue weighted by atomic mass is 16.3. The molecule has 0 amide bonds. The van der Waals surface area contributed by atoms with E-state index in [1.165, 1.54) is 5.69 Å². The minimum atomic E-state index is -0.390. The van der Waals surface area contributed by atoms with Gasteiger partial charge in [-0.2, -0.15) is 0 Å². The molecule has 1 fully saturated rings. The van der Waals surface area contributed by atoms with Gasteiger partial charge >= 0.3 is 0 Å². The summed E-state index contributed by atoms with van der Waals surface area (Å²) >= 11 is 0. The Bertz CT molecular complexity index is 323. The molecular weight excluding hydrogens is 214 g/mol. The number of aliphatic hydroxyl groups excluding tert-OH is 1. The van der Waals surface area contributed by atoms with Crippen molar-refractivity contribution in [1.82, 2.24) is 4.90 Å². The van der Waals surface area contributed by atoms with Crippen LogP contribution < -0.4 is 10.6 Å². The fraction of sp³-hybridized carbons (Fsp3) is 0.538. The van der Waals surface area contributed by atoms with Crippen LogP contribution in [0.4, 0.5) is 5.69 Å². The minimum absolute atomic E-state index is 0.346. The van der Waals surface area contributed by atoms with Gasteiger partial charge in [-0.15, -0.1) is 0 Å². The standard InChI is InChI=1S/C13H21N3O/c14-10-13(17)11-15-6-8-16(9-7-15)12-4-2-1-3-5-12/h1-5,13,17H,6-11,14H2/t13-/m0/s1. The minimum Gasteiger partial charge on any atom is -0.390 e. The number of nitrogens with zero attached hydrogens (tertiary/aromatic N) is 2. The van der Waals surface area contributed by atoms with E-state index in [4.69, 9.17) is 5.73 Å². The van der Waals surface area contributed by atoms with Gasteiger partial charge in [0.25, 0.3) is 0 Å². The molecule has 1 saturated heterocycles. The normalized spacial score (nSPS) is 19.3. The third-order valence-corrected chi connectivity index (χ3v) is 3.23. The van der Waals surface area contributed by atoms with Crippen LogP contribution in [-0.4, -0.2) is 55.4 Å². The predicted molar refractivity (Wildman–Crippen MR) is 70.2 cm³/mol. The van der Waals surface area contributed by atoms with Gasteiger partial charge < -0.3 is 15.7 Å². The van der Waals surface area contributed by atoms with Crippen LogP contribution in [0.25, 0.3) is 0 Å². The summed E-state index contributed by atoms with van der Waals surface area (Å²) in [6.07, 6.45) is -0.390. The van der Waals surface area contributed by atoms with Gasteiger partial charge in [0.15, 0.2) is 0 Å². The van der Waals surface area contributed by atoms with Crippen LogP contribution in [0.5, 0.6) is 0 Å². The lowest BCUT2D eigenvalue weighted by Gasteiger charge is -2.36. The van der Waals surface area contributed by atoms with Gasteiger partial charge in [0, 0.05) is 45.0 Å². The van der Waals surface area contributed by atoms with E-state index in [9.17, 15) is 5.11 Å². The van der Waals surface area contributed by atoms with Gasteiger partial charge in [0.05, 0.1) is 6.10 Å². The monoisotopic (exact) mass is 235 g/mol. The maximum absolute atomic E-state index is 9.51. The molecule has 0 saturated carbocycles. The van der Waals surface area contributed by atoms with Gasteiger partial charge in [-0.1, -0.05) is 18.2 Å². The summed E-state index contributed by atoms with van der Waals surface area (Å²) in [4.78, 5) is 4.66. The van der Waals surface area contributed by atoms with E-state index in [2.05, 4.69) is 34.1 Å². The van der Waals surface area contributed by atoms with E-state index in [1.807, 2.05) is 6.07 Å². The van der Waals surface area contributed by atoms with E-state index >= 15 is 0 Å². The van der Waals surface area contributed by atoms with Crippen molar-refractivity contribution in [3.63, 3.8) is 0 Å². The lowest BCUT2D eigenvalue weighted by Crippen LogP contribution is -2.49. The summed E-state index contributed by atoms with van der Waals surface area (Å²) in [6.45, 7) is 5.05. The molecule has 0 radical (unpaired) electrons. The SMILES string of the molecule is NC[C@H](O)CN1CCN(c2ccccc2)CC1. The summed E-state index contributed by atoms with van der Waals surface area (Å²) in [5.41, 5.74) is 6.70. The van der Waals surface area contributed by atoms with Gasteiger partial charge in [-0.25, -0.2) is 0 Å². The van der Waals surface area contributed by atoms with Crippen molar-refractivity contribution < 1.29 is 5.11 Å². The van der Waals surface area contributed by atoms with Crippen LogP contribution in [0.2, 0.25) is 0 Å². The molecule has 17 heavy (non-hydrogen) atoms. The van der Waals surface area contributed by atoms with Gasteiger partial charge in [0.1, 0.15) is 0 Å². The average molecular weight is 235 g/mol. The second-order valence-corrected chi connectivity index (χ2v) is 4.51. The number of nitrogens with two attached hydrogens (primary N) is 1. The van der Waals surface area contributed by atoms with E-state index in [0.717, 1.165) is 26.2 Å². The van der Waals surface area contributed by atoms with Gasteiger partial charge in [0.2, 0.25) is 0 Å². The maximum atomic E-state index is 9.51. The molecule has 1 atom stereocenters. The Kier molecular flexibility index (Phi) is 4.36. The van der Waals surface area contributed by atoms with Crippen molar-refractivity contribution in [2.45, 2.75) is 6.10 Å². The first kappa shape index (κ1) is 12.4. The molecule has 0 unspecified atom stereocenters. The molecule has 94 valence electrons. The molecule has 1 aliphatic rings. The molecule has 0 spiro atoms. The van der Waals surface area contributed by atoms with E-state index < -0.39 is 6.10 Å². The molecular formula is C13H21N3O. The number of benzene rings is 1. The number of piperazine rings is 1. The second-order valence-electron chi connectivity index (χ2n) is 4.51. The Morgan fingerprint density at radius 1 is 1.12 bits per heavy atom. The maximum Gasteiger partial charge on any atom is 0.0789 e. The first-order chi connectivity index (χ1) is 8.29. The Hall–Kier alpha value is -1.10. The number of hydrogen-bond donors (Lipinski definition) is 2. The van der Waals surface area contributed by atoms with Crippen molar-refractivity contribution in [3.8, 4) is 0 Å². The summed E-state index contributed by atoms with van der Waals surface area (Å²) in [5, 5.41) is 9.51. The largest absolute Gasteiger partial charge is 0.390 e. The molecule has 4 heteroatoms. The molecule has 1 aliphatic heterocycles. The molecule has 2 rings (SSSR count). The zero-order valence-electron chi connectivity index (χ0n) is 10.1. The first-order valence-electron chi connectivity index (χ1n) is 6.20. The molecule has 1 heterocycles. The van der Waals surface area contributed by atoms with Crippen LogP contribution in [0.1, 0.15) is 0 Å². The fourth-order valence-electron chi connectivity index (χ4n) is 2.20. The number of hydrogen-bond acceptors (Lipinski definition) is 4. The van der Waals surface area contributed by atoms with Crippen molar-refractivity contribution in [1.29, 1.82) is 0 Å². The molecule has 1 aromatic rings. The Morgan fingerprint density at radius 3 is 2.35 bits per heavy atom. The highest BCUT2D eigenvalue weighted by Crippen LogP contribution is 2.15. The fourth-order valence-corrected chi connectivity index (χ4v) is 2.20. The van der Waals surface area contributed by atoms with Crippen LogP contribution in [0.15, 0.2) is 30.3 Å². The summed E-state index contributed by atoms with van der Waals surface area (Å²) in [7, 11) is 0. The third-order valence-electron chi connectivity index (χ3n) is 3.23. The molecule has 0 aliphatic carbocycles. The van der Waals surface area contributed by atoms with E-state index in [0.29, 0.717) is 13.1 Å². The molecule has 4 nitrogen and oxygen atoms in total. The Morgan fingerprint density at radius 2 is 1.76 bits per heavy atom. The zero-order chi connectivity index (χ0) is 12.1. The predicted octanol–water partition coefficient (Wildman–Crippen LogP) is 0.128. The van der Waals surface area contributed by atoms with E-state index in [1.54, 1.807) is 0 Å². The first-order valence-corrected chi connectivity index (χ1v) is 6.20. The number of aliphatic hydroxyl groups is 1. The van der Waals surface area contributed by atoms with Crippen molar-refractivity contribution in [3.05, 3.63) is 30.3 Å². The van der Waals surface area contributed by atoms with E-state index in [-0.39, 0.29) is 0 Å². The molecule has 3 N–H and O–H groups in total. The van der Waals surface area contributed by atoms with Gasteiger partial charge in [-0.05, 0) is 12.1 Å². The summed E-state index contributed by atoms with van der Waals surface area (Å²) in [6, 6.07) is 10.5. The molecule has 1 aromatic carbocycles. The number of anilines is 1. The van der Waals surface area contributed by atoms with Crippen molar-refractivity contribution in [2.24, 2.45) is 5.73 Å². The van der Waals surface area contributed by atoms with Crippen LogP contribution in [0, 0.1) is 0 Å². The second kappa shape index (κ2) is 6.00. The average Bonchev–Trinajstić information content (AvgIpc) is 2.40. The molecule has 0 bridgehead atoms. The zero-order valence-corrected chi connectivity index (χ0v) is 10.1. The van der Waals surface area contributed by atoms with Crippen LogP contribution in [-0.2, 0) is 0 Å². The lowest BCUT2D eigenvalue weighted by atomic mass is 10.2. The highest BCUT2D eigenvalue weighted by molar-refractivity contribution is 5.46. The smallest absolute Gasteiger partial charge is 0.0789 e. The Balaban J connectivity index is 1.82. The number of rotatable bonds is 4. The van der Waals surface area contributed by atoms with Crippen molar-refractivity contribution >= 4 is 5.69 Å². The molecule has 0 aromatic heterocycles. The topological polar surface area (TPSA) is 52.7 Å². The van der Waals surface area contributed by atoms with Crippen LogP contribution >= 0.6 is 0 Å². The summed E-state index contributed by atoms with van der Waals surface area (Å²) in [5.74, 6) is 0. The quantitative estimate of drug-likeness (QED) is 0.779. The number of para-hydroxylation sites is 1. The summed E-state index contributed by atoms with van der Waals surface area (Å²) < 4.78 is 0. The number of β-amino-alcohol motifs (C(OH)–C–C–N with tert-alkyl or cyclic N) is 1. The van der Waals surface area contributed by atoms with Gasteiger partial charge in [-0.3, -0.25) is 4.90 Å². The lowest BCUT2D eigenvalue weighted by molar-refractivity contribution is 0.115.